The predicted octanol–water partition coefficient (Wildman–Crippen LogP) is 6.54. The van der Waals surface area contributed by atoms with Gasteiger partial charge in [-0.25, -0.2) is 4.68 Å². The molecule has 6 heteroatoms. The van der Waals surface area contributed by atoms with Crippen LogP contribution in [0.4, 0.5) is 5.69 Å². The summed E-state index contributed by atoms with van der Waals surface area (Å²) < 4.78 is 4.07. The van der Waals surface area contributed by atoms with Gasteiger partial charge in [0.2, 0.25) is 0 Å². The number of fused-ring (bicyclic) bond motifs is 3. The summed E-state index contributed by atoms with van der Waals surface area (Å²) in [6.07, 6.45) is 3.69. The van der Waals surface area contributed by atoms with Crippen molar-refractivity contribution in [3.63, 3.8) is 0 Å². The Labute approximate surface area is 189 Å². The molecular weight excluding hydrogens is 412 g/mol. The first-order valence-corrected chi connectivity index (χ1v) is 10.6. The molecule has 4 aromatic carbocycles. The summed E-state index contributed by atoms with van der Waals surface area (Å²) in [4.78, 5) is 11.1. The van der Waals surface area contributed by atoms with Crippen LogP contribution in [-0.2, 0) is 0 Å². The summed E-state index contributed by atoms with van der Waals surface area (Å²) >= 11 is 0. The van der Waals surface area contributed by atoms with Gasteiger partial charge in [-0.15, -0.1) is 0 Å². The summed E-state index contributed by atoms with van der Waals surface area (Å²) in [5.41, 5.74) is 5.66. The minimum Gasteiger partial charge on any atom is -0.309 e. The molecule has 0 atom stereocenters. The Balaban J connectivity index is 1.55. The van der Waals surface area contributed by atoms with Crippen molar-refractivity contribution in [2.45, 2.75) is 0 Å². The van der Waals surface area contributed by atoms with Gasteiger partial charge in [0.25, 0.3) is 5.69 Å². The van der Waals surface area contributed by atoms with Crippen molar-refractivity contribution in [2.24, 2.45) is 0 Å². The van der Waals surface area contributed by atoms with E-state index in [1.54, 1.807) is 18.3 Å². The van der Waals surface area contributed by atoms with Crippen LogP contribution in [0.5, 0.6) is 0 Å². The van der Waals surface area contributed by atoms with E-state index in [1.165, 1.54) is 11.5 Å². The minimum absolute atomic E-state index is 0.103. The second-order valence-corrected chi connectivity index (χ2v) is 7.83. The molecule has 0 bridgehead atoms. The molecule has 158 valence electrons. The molecule has 0 saturated heterocycles. The van der Waals surface area contributed by atoms with Gasteiger partial charge in [0.05, 0.1) is 27.2 Å². The van der Waals surface area contributed by atoms with Gasteiger partial charge in [0, 0.05) is 34.9 Å². The lowest BCUT2D eigenvalue weighted by molar-refractivity contribution is -0.384. The number of rotatable bonds is 4. The standard InChI is InChI=1S/C27H18N4O2/c32-31(33)26-9-4-1-6-22(26)19-10-12-20(13-11-19)30-25-8-3-2-7-23(25)24-15-14-21(18-27(24)30)29-17-5-16-28-29/h1-18H. The molecule has 0 N–H and O–H groups in total. The van der Waals surface area contributed by atoms with Crippen molar-refractivity contribution in [3.05, 3.63) is 120 Å². The highest BCUT2D eigenvalue weighted by Crippen LogP contribution is 2.35. The van der Waals surface area contributed by atoms with Crippen molar-refractivity contribution in [2.75, 3.05) is 0 Å². The smallest absolute Gasteiger partial charge is 0.277 e. The number of benzene rings is 4. The predicted molar refractivity (Wildman–Crippen MR) is 130 cm³/mol. The van der Waals surface area contributed by atoms with Crippen molar-refractivity contribution >= 4 is 27.5 Å². The highest BCUT2D eigenvalue weighted by molar-refractivity contribution is 6.09. The molecule has 0 radical (unpaired) electrons. The van der Waals surface area contributed by atoms with Crippen LogP contribution in [0.1, 0.15) is 0 Å². The van der Waals surface area contributed by atoms with Gasteiger partial charge in [-0.3, -0.25) is 10.1 Å². The van der Waals surface area contributed by atoms with E-state index in [4.69, 9.17) is 0 Å². The average Bonchev–Trinajstić information content (AvgIpc) is 3.50. The Hall–Kier alpha value is -4.71. The number of nitro benzene ring substituents is 1. The second-order valence-electron chi connectivity index (χ2n) is 7.83. The fraction of sp³-hybridized carbons (Fsp3) is 0. The van der Waals surface area contributed by atoms with Crippen molar-refractivity contribution < 1.29 is 4.92 Å². The topological polar surface area (TPSA) is 65.9 Å². The van der Waals surface area contributed by atoms with E-state index in [9.17, 15) is 10.1 Å². The number of para-hydroxylation sites is 2. The van der Waals surface area contributed by atoms with Crippen LogP contribution in [0.3, 0.4) is 0 Å². The molecule has 0 aliphatic carbocycles. The SMILES string of the molecule is O=[N+]([O-])c1ccccc1-c1ccc(-n2c3ccccc3c3ccc(-n4cccn4)cc32)cc1. The Morgan fingerprint density at radius 1 is 0.727 bits per heavy atom. The molecule has 6 aromatic rings. The zero-order chi connectivity index (χ0) is 22.4. The summed E-state index contributed by atoms with van der Waals surface area (Å²) in [6, 6.07) is 31.3. The lowest BCUT2D eigenvalue weighted by atomic mass is 10.0. The van der Waals surface area contributed by atoms with Gasteiger partial charge in [-0.1, -0.05) is 48.5 Å². The number of hydrogen-bond donors (Lipinski definition) is 0. The van der Waals surface area contributed by atoms with Gasteiger partial charge in [0.1, 0.15) is 0 Å². The Morgan fingerprint density at radius 2 is 1.45 bits per heavy atom. The first-order valence-electron chi connectivity index (χ1n) is 10.6. The lowest BCUT2D eigenvalue weighted by Gasteiger charge is -2.10. The maximum Gasteiger partial charge on any atom is 0.277 e. The maximum atomic E-state index is 11.5. The monoisotopic (exact) mass is 430 g/mol. The first kappa shape index (κ1) is 19.0. The third-order valence-electron chi connectivity index (χ3n) is 5.96. The molecule has 2 heterocycles. The van der Waals surface area contributed by atoms with E-state index in [0.717, 1.165) is 33.4 Å². The zero-order valence-corrected chi connectivity index (χ0v) is 17.5. The molecule has 6 nitrogen and oxygen atoms in total. The van der Waals surface area contributed by atoms with E-state index in [-0.39, 0.29) is 10.6 Å². The molecule has 0 unspecified atom stereocenters. The third kappa shape index (κ3) is 3.08. The summed E-state index contributed by atoms with van der Waals surface area (Å²) in [6.45, 7) is 0. The second kappa shape index (κ2) is 7.46. The molecule has 0 amide bonds. The van der Waals surface area contributed by atoms with E-state index in [2.05, 4.69) is 40.0 Å². The molecule has 0 fully saturated rings. The normalized spacial score (nSPS) is 11.3. The first-order chi connectivity index (χ1) is 16.2. The number of nitrogens with zero attached hydrogens (tertiary/aromatic N) is 4. The highest BCUT2D eigenvalue weighted by atomic mass is 16.6. The summed E-state index contributed by atoms with van der Waals surface area (Å²) in [7, 11) is 0. The molecule has 6 rings (SSSR count). The minimum atomic E-state index is -0.340. The van der Waals surface area contributed by atoms with Crippen LogP contribution in [0.25, 0.3) is 44.3 Å². The molecule has 33 heavy (non-hydrogen) atoms. The largest absolute Gasteiger partial charge is 0.309 e. The third-order valence-corrected chi connectivity index (χ3v) is 5.96. The average molecular weight is 430 g/mol. The number of aromatic nitrogens is 3. The highest BCUT2D eigenvalue weighted by Gasteiger charge is 2.16. The molecular formula is C27H18N4O2. The van der Waals surface area contributed by atoms with Gasteiger partial charge in [0.15, 0.2) is 0 Å². The van der Waals surface area contributed by atoms with E-state index < -0.39 is 0 Å². The van der Waals surface area contributed by atoms with Crippen LogP contribution in [0.15, 0.2) is 109 Å². The zero-order valence-electron chi connectivity index (χ0n) is 17.5. The Kier molecular flexibility index (Phi) is 4.30. The van der Waals surface area contributed by atoms with Gasteiger partial charge >= 0.3 is 0 Å². The van der Waals surface area contributed by atoms with E-state index >= 15 is 0 Å². The van der Waals surface area contributed by atoms with Gasteiger partial charge in [-0.2, -0.15) is 5.10 Å². The number of nitro groups is 1. The van der Waals surface area contributed by atoms with E-state index in [1.807, 2.05) is 59.4 Å². The molecule has 2 aromatic heterocycles. The molecule has 0 aliphatic rings. The summed E-state index contributed by atoms with van der Waals surface area (Å²) in [5.74, 6) is 0. The molecule has 0 saturated carbocycles. The fourth-order valence-corrected chi connectivity index (χ4v) is 4.47. The van der Waals surface area contributed by atoms with Crippen LogP contribution < -0.4 is 0 Å². The fourth-order valence-electron chi connectivity index (χ4n) is 4.47. The molecule has 0 aliphatic heterocycles. The lowest BCUT2D eigenvalue weighted by Crippen LogP contribution is -1.97. The number of hydrogen-bond acceptors (Lipinski definition) is 3. The van der Waals surface area contributed by atoms with Crippen molar-refractivity contribution in [3.8, 4) is 22.5 Å². The van der Waals surface area contributed by atoms with Crippen molar-refractivity contribution in [1.29, 1.82) is 0 Å². The Bertz CT molecular complexity index is 1630. The quantitative estimate of drug-likeness (QED) is 0.235. The summed E-state index contributed by atoms with van der Waals surface area (Å²) in [5, 5.41) is 18.2. The van der Waals surface area contributed by atoms with Crippen LogP contribution in [-0.4, -0.2) is 19.3 Å². The Morgan fingerprint density at radius 3 is 2.24 bits per heavy atom. The van der Waals surface area contributed by atoms with Crippen LogP contribution in [0.2, 0.25) is 0 Å². The van der Waals surface area contributed by atoms with Gasteiger partial charge in [-0.05, 0) is 48.0 Å². The molecule has 0 spiro atoms. The van der Waals surface area contributed by atoms with E-state index in [0.29, 0.717) is 5.56 Å². The maximum absolute atomic E-state index is 11.5. The van der Waals surface area contributed by atoms with Gasteiger partial charge < -0.3 is 4.57 Å². The van der Waals surface area contributed by atoms with Crippen LogP contribution >= 0.6 is 0 Å². The van der Waals surface area contributed by atoms with Crippen LogP contribution in [0, 0.1) is 10.1 Å². The van der Waals surface area contributed by atoms with Crippen molar-refractivity contribution in [1.82, 2.24) is 14.3 Å².